The molecule has 0 bridgehead atoms. The van der Waals surface area contributed by atoms with Crippen LogP contribution >= 0.6 is 15.9 Å². The summed E-state index contributed by atoms with van der Waals surface area (Å²) in [6.07, 6.45) is 0. The number of benzene rings is 1. The van der Waals surface area contributed by atoms with Crippen LogP contribution in [0.3, 0.4) is 0 Å². The van der Waals surface area contributed by atoms with Gasteiger partial charge in [-0.3, -0.25) is 0 Å². The lowest BCUT2D eigenvalue weighted by atomic mass is 9.95. The van der Waals surface area contributed by atoms with Gasteiger partial charge >= 0.3 is 0 Å². The van der Waals surface area contributed by atoms with Gasteiger partial charge in [-0.1, -0.05) is 30.3 Å². The second-order valence-electron chi connectivity index (χ2n) is 4.67. The highest BCUT2D eigenvalue weighted by Gasteiger charge is 2.22. The Bertz CT molecular complexity index is 557. The van der Waals surface area contributed by atoms with E-state index in [1.807, 2.05) is 11.7 Å². The molecule has 0 aliphatic heterocycles. The largest absolute Gasteiger partial charge is 0.305 e. The molecule has 0 aliphatic rings. The normalized spacial score (nSPS) is 12.7. The third kappa shape index (κ3) is 2.72. The zero-order valence-electron chi connectivity index (χ0n) is 11.7. The summed E-state index contributed by atoms with van der Waals surface area (Å²) in [5.41, 5.74) is 4.93. The molecule has 0 amide bonds. The maximum Gasteiger partial charge on any atom is 0.153 e. The Balaban J connectivity index is 2.55. The van der Waals surface area contributed by atoms with Crippen molar-refractivity contribution in [1.29, 1.82) is 0 Å². The quantitative estimate of drug-likeness (QED) is 0.941. The molecule has 0 spiro atoms. The second-order valence-corrected chi connectivity index (χ2v) is 5.42. The zero-order chi connectivity index (χ0) is 14.0. The molecule has 102 valence electrons. The first-order valence-corrected chi connectivity index (χ1v) is 7.20. The van der Waals surface area contributed by atoms with Gasteiger partial charge in [0.25, 0.3) is 0 Å². The van der Waals surface area contributed by atoms with Gasteiger partial charge in [0, 0.05) is 7.05 Å². The lowest BCUT2D eigenvalue weighted by molar-refractivity contribution is 0.565. The van der Waals surface area contributed by atoms with Crippen molar-refractivity contribution >= 4 is 15.9 Å². The lowest BCUT2D eigenvalue weighted by Crippen LogP contribution is -2.25. The number of aryl methyl sites for hydroxylation is 2. The number of nitrogens with zero attached hydrogens (tertiary/aromatic N) is 3. The molecule has 1 aromatic heterocycles. The SMILES string of the molecule is CCNC(c1cccc(C)c1C)c1c(Br)nnn1C. The maximum absolute atomic E-state index is 4.09. The summed E-state index contributed by atoms with van der Waals surface area (Å²) in [6.45, 7) is 7.29. The van der Waals surface area contributed by atoms with Crippen molar-refractivity contribution in [2.75, 3.05) is 6.54 Å². The van der Waals surface area contributed by atoms with Crippen molar-refractivity contribution in [2.45, 2.75) is 26.8 Å². The molecule has 2 aromatic rings. The van der Waals surface area contributed by atoms with Crippen molar-refractivity contribution in [3.63, 3.8) is 0 Å². The molecule has 0 fully saturated rings. The van der Waals surface area contributed by atoms with Gasteiger partial charge in [-0.25, -0.2) is 4.68 Å². The van der Waals surface area contributed by atoms with Crippen molar-refractivity contribution in [1.82, 2.24) is 20.3 Å². The molecule has 1 unspecified atom stereocenters. The summed E-state index contributed by atoms with van der Waals surface area (Å²) in [6, 6.07) is 6.49. The van der Waals surface area contributed by atoms with Crippen LogP contribution in [0.25, 0.3) is 0 Å². The van der Waals surface area contributed by atoms with Gasteiger partial charge in [0.15, 0.2) is 4.60 Å². The van der Waals surface area contributed by atoms with E-state index in [1.54, 1.807) is 0 Å². The minimum atomic E-state index is 0.0966. The predicted octanol–water partition coefficient (Wildman–Crippen LogP) is 2.89. The molecule has 1 heterocycles. The summed E-state index contributed by atoms with van der Waals surface area (Å²) in [5, 5.41) is 11.7. The molecule has 0 radical (unpaired) electrons. The van der Waals surface area contributed by atoms with E-state index in [2.05, 4.69) is 70.5 Å². The maximum atomic E-state index is 4.09. The van der Waals surface area contributed by atoms with Crippen molar-refractivity contribution in [3.8, 4) is 0 Å². The lowest BCUT2D eigenvalue weighted by Gasteiger charge is -2.21. The molecule has 5 heteroatoms. The van der Waals surface area contributed by atoms with Gasteiger partial charge in [0.2, 0.25) is 0 Å². The van der Waals surface area contributed by atoms with Crippen molar-refractivity contribution in [2.24, 2.45) is 7.05 Å². The van der Waals surface area contributed by atoms with E-state index in [0.717, 1.165) is 16.8 Å². The fourth-order valence-corrected chi connectivity index (χ4v) is 2.85. The summed E-state index contributed by atoms with van der Waals surface area (Å²) >= 11 is 3.49. The van der Waals surface area contributed by atoms with Gasteiger partial charge in [-0.15, -0.1) is 5.10 Å². The number of hydrogen-bond donors (Lipinski definition) is 1. The highest BCUT2D eigenvalue weighted by atomic mass is 79.9. The van der Waals surface area contributed by atoms with E-state index in [1.165, 1.54) is 16.7 Å². The van der Waals surface area contributed by atoms with Crippen LogP contribution in [0.1, 0.15) is 35.3 Å². The summed E-state index contributed by atoms with van der Waals surface area (Å²) < 4.78 is 2.61. The smallest absolute Gasteiger partial charge is 0.153 e. The van der Waals surface area contributed by atoms with Gasteiger partial charge in [-0.2, -0.15) is 0 Å². The molecule has 0 aliphatic carbocycles. The first-order chi connectivity index (χ1) is 9.06. The van der Waals surface area contributed by atoms with Gasteiger partial charge < -0.3 is 5.32 Å². The minimum absolute atomic E-state index is 0.0966. The van der Waals surface area contributed by atoms with E-state index in [-0.39, 0.29) is 6.04 Å². The van der Waals surface area contributed by atoms with Crippen molar-refractivity contribution < 1.29 is 0 Å². The van der Waals surface area contributed by atoms with E-state index in [4.69, 9.17) is 0 Å². The predicted molar refractivity (Wildman–Crippen MR) is 80.1 cm³/mol. The van der Waals surface area contributed by atoms with E-state index in [9.17, 15) is 0 Å². The Morgan fingerprint density at radius 3 is 2.68 bits per heavy atom. The summed E-state index contributed by atoms with van der Waals surface area (Å²) in [5.74, 6) is 0. The van der Waals surface area contributed by atoms with Crippen LogP contribution in [-0.2, 0) is 7.05 Å². The minimum Gasteiger partial charge on any atom is -0.305 e. The third-order valence-corrected chi connectivity index (χ3v) is 4.03. The fraction of sp³-hybridized carbons (Fsp3) is 0.429. The number of nitrogens with one attached hydrogen (secondary N) is 1. The molecule has 1 aromatic carbocycles. The number of aromatic nitrogens is 3. The van der Waals surface area contributed by atoms with Crippen LogP contribution in [0.15, 0.2) is 22.8 Å². The van der Waals surface area contributed by atoms with Gasteiger partial charge in [-0.05, 0) is 53.0 Å². The molecular formula is C14H19BrN4. The van der Waals surface area contributed by atoms with Crippen LogP contribution < -0.4 is 5.32 Å². The zero-order valence-corrected chi connectivity index (χ0v) is 13.3. The number of rotatable bonds is 4. The fourth-order valence-electron chi connectivity index (χ4n) is 2.29. The molecule has 1 atom stereocenters. The molecular weight excluding hydrogens is 304 g/mol. The average Bonchev–Trinajstić information content (AvgIpc) is 2.70. The highest BCUT2D eigenvalue weighted by Crippen LogP contribution is 2.29. The monoisotopic (exact) mass is 322 g/mol. The van der Waals surface area contributed by atoms with Crippen LogP contribution in [0, 0.1) is 13.8 Å². The van der Waals surface area contributed by atoms with Crippen LogP contribution in [-0.4, -0.2) is 21.5 Å². The van der Waals surface area contributed by atoms with Gasteiger partial charge in [0.1, 0.15) is 0 Å². The van der Waals surface area contributed by atoms with E-state index < -0.39 is 0 Å². The number of halogens is 1. The summed E-state index contributed by atoms with van der Waals surface area (Å²) in [7, 11) is 1.92. The summed E-state index contributed by atoms with van der Waals surface area (Å²) in [4.78, 5) is 0. The van der Waals surface area contributed by atoms with E-state index in [0.29, 0.717) is 0 Å². The first-order valence-electron chi connectivity index (χ1n) is 6.40. The Labute approximate surface area is 122 Å². The first kappa shape index (κ1) is 14.2. The number of hydrogen-bond acceptors (Lipinski definition) is 3. The Kier molecular flexibility index (Phi) is 4.37. The molecule has 4 nitrogen and oxygen atoms in total. The molecule has 19 heavy (non-hydrogen) atoms. The van der Waals surface area contributed by atoms with E-state index >= 15 is 0 Å². The standard InChI is InChI=1S/C14H19BrN4/c1-5-16-12(13-14(15)17-18-19(13)4)11-8-6-7-9(2)10(11)3/h6-8,12,16H,5H2,1-4H3. The Morgan fingerprint density at radius 1 is 1.37 bits per heavy atom. The highest BCUT2D eigenvalue weighted by molar-refractivity contribution is 9.10. The van der Waals surface area contributed by atoms with Crippen LogP contribution in [0.4, 0.5) is 0 Å². The molecule has 0 saturated carbocycles. The topological polar surface area (TPSA) is 42.7 Å². The Hall–Kier alpha value is -1.20. The molecule has 1 N–H and O–H groups in total. The average molecular weight is 323 g/mol. The molecule has 2 rings (SSSR count). The van der Waals surface area contributed by atoms with Gasteiger partial charge in [0.05, 0.1) is 11.7 Å². The Morgan fingerprint density at radius 2 is 2.11 bits per heavy atom. The molecule has 0 saturated heterocycles. The third-order valence-electron chi connectivity index (χ3n) is 3.47. The van der Waals surface area contributed by atoms with Crippen LogP contribution in [0.2, 0.25) is 0 Å². The van der Waals surface area contributed by atoms with Crippen LogP contribution in [0.5, 0.6) is 0 Å². The van der Waals surface area contributed by atoms with Crippen molar-refractivity contribution in [3.05, 3.63) is 45.2 Å². The second kappa shape index (κ2) is 5.84.